The van der Waals surface area contributed by atoms with Gasteiger partial charge in [-0.1, -0.05) is 26.0 Å². The first-order chi connectivity index (χ1) is 9.76. The lowest BCUT2D eigenvalue weighted by atomic mass is 9.90. The van der Waals surface area contributed by atoms with Crippen LogP contribution in [0.1, 0.15) is 26.3 Å². The van der Waals surface area contributed by atoms with Gasteiger partial charge in [0, 0.05) is 5.56 Å². The molecule has 0 aliphatic rings. The third kappa shape index (κ3) is 5.16. The quantitative estimate of drug-likeness (QED) is 0.818. The molecule has 0 aliphatic heterocycles. The molecule has 0 fully saturated rings. The second kappa shape index (κ2) is 7.19. The molecule has 0 radical (unpaired) electrons. The zero-order valence-electron chi connectivity index (χ0n) is 13.0. The summed E-state index contributed by atoms with van der Waals surface area (Å²) in [5.41, 5.74) is 0.112. The van der Waals surface area contributed by atoms with Gasteiger partial charge in [-0.25, -0.2) is 4.39 Å². The van der Waals surface area contributed by atoms with E-state index in [1.807, 2.05) is 20.9 Å². The van der Waals surface area contributed by atoms with Crippen molar-refractivity contribution in [2.75, 3.05) is 13.6 Å². The van der Waals surface area contributed by atoms with E-state index in [2.05, 4.69) is 11.4 Å². The second-order valence-electron chi connectivity index (χ2n) is 5.95. The molecule has 2 N–H and O–H groups in total. The summed E-state index contributed by atoms with van der Waals surface area (Å²) in [7, 11) is 1.89. The number of benzene rings is 1. The molecule has 2 atom stereocenters. The third-order valence-corrected chi connectivity index (χ3v) is 3.67. The Labute approximate surface area is 125 Å². The Morgan fingerprint density at radius 2 is 2.00 bits per heavy atom. The predicted molar refractivity (Wildman–Crippen MR) is 78.9 cm³/mol. The SMILES string of the molecule is CC(C)[C@](C)(C#N)NC(=O)C[NH+](C)Cc1ccc(F)cc1. The molecule has 0 heterocycles. The van der Waals surface area contributed by atoms with Crippen LogP contribution in [0.25, 0.3) is 0 Å². The monoisotopic (exact) mass is 292 g/mol. The van der Waals surface area contributed by atoms with Crippen LogP contribution in [0.3, 0.4) is 0 Å². The van der Waals surface area contributed by atoms with Gasteiger partial charge in [0.05, 0.1) is 13.1 Å². The number of hydrogen-bond acceptors (Lipinski definition) is 2. The summed E-state index contributed by atoms with van der Waals surface area (Å²) in [4.78, 5) is 13.0. The standard InChI is InChI=1S/C16H22FN3O/c1-12(2)16(3,11-18)19-15(21)10-20(4)9-13-5-7-14(17)8-6-13/h5-8,12H,9-10H2,1-4H3,(H,19,21)/p+1/t16-/m0/s1. The van der Waals surface area contributed by atoms with Crippen molar-refractivity contribution in [3.05, 3.63) is 35.6 Å². The van der Waals surface area contributed by atoms with E-state index in [0.717, 1.165) is 10.5 Å². The first-order valence-corrected chi connectivity index (χ1v) is 7.05. The van der Waals surface area contributed by atoms with Crippen LogP contribution in [0.2, 0.25) is 0 Å². The fourth-order valence-corrected chi connectivity index (χ4v) is 1.92. The van der Waals surface area contributed by atoms with Crippen LogP contribution in [0.4, 0.5) is 4.39 Å². The van der Waals surface area contributed by atoms with Gasteiger partial charge in [-0.15, -0.1) is 0 Å². The molecular weight excluding hydrogens is 269 g/mol. The van der Waals surface area contributed by atoms with Crippen LogP contribution in [-0.2, 0) is 11.3 Å². The maximum absolute atomic E-state index is 12.8. The molecule has 1 rings (SSSR count). The van der Waals surface area contributed by atoms with Crippen LogP contribution in [0.15, 0.2) is 24.3 Å². The van der Waals surface area contributed by atoms with Gasteiger partial charge in [0.2, 0.25) is 0 Å². The molecule has 0 aliphatic carbocycles. The maximum atomic E-state index is 12.8. The van der Waals surface area contributed by atoms with Crippen LogP contribution in [0.5, 0.6) is 0 Å². The summed E-state index contributed by atoms with van der Waals surface area (Å²) in [6.45, 7) is 6.42. The molecule has 1 amide bonds. The van der Waals surface area contributed by atoms with Gasteiger partial charge < -0.3 is 10.2 Å². The minimum absolute atomic E-state index is 0.0313. The summed E-state index contributed by atoms with van der Waals surface area (Å²) < 4.78 is 12.8. The molecule has 0 saturated heterocycles. The van der Waals surface area contributed by atoms with Crippen molar-refractivity contribution < 1.29 is 14.1 Å². The highest BCUT2D eigenvalue weighted by molar-refractivity contribution is 5.78. The number of nitrogens with one attached hydrogen (secondary N) is 2. The molecule has 21 heavy (non-hydrogen) atoms. The molecule has 114 valence electrons. The highest BCUT2D eigenvalue weighted by Gasteiger charge is 2.30. The summed E-state index contributed by atoms with van der Waals surface area (Å²) in [6.07, 6.45) is 0. The highest BCUT2D eigenvalue weighted by Crippen LogP contribution is 2.14. The molecule has 0 saturated carbocycles. The number of carbonyl (C=O) groups excluding carboxylic acids is 1. The number of carbonyl (C=O) groups is 1. The summed E-state index contributed by atoms with van der Waals surface area (Å²) in [5, 5.41) is 12.0. The van der Waals surface area contributed by atoms with Crippen LogP contribution >= 0.6 is 0 Å². The van der Waals surface area contributed by atoms with Crippen molar-refractivity contribution >= 4 is 5.91 Å². The number of likely N-dealkylation sites (N-methyl/N-ethyl adjacent to an activating group) is 1. The Balaban J connectivity index is 2.55. The van der Waals surface area contributed by atoms with E-state index in [1.165, 1.54) is 12.1 Å². The topological polar surface area (TPSA) is 57.3 Å². The smallest absolute Gasteiger partial charge is 0.276 e. The number of amides is 1. The lowest BCUT2D eigenvalue weighted by Crippen LogP contribution is -3.09. The molecule has 0 spiro atoms. The maximum Gasteiger partial charge on any atom is 0.276 e. The van der Waals surface area contributed by atoms with E-state index in [4.69, 9.17) is 0 Å². The number of quaternary nitrogens is 1. The molecule has 5 heteroatoms. The normalized spacial score (nSPS) is 15.1. The zero-order valence-corrected chi connectivity index (χ0v) is 13.0. The first-order valence-electron chi connectivity index (χ1n) is 7.05. The van der Waals surface area contributed by atoms with E-state index in [9.17, 15) is 14.4 Å². The van der Waals surface area contributed by atoms with Gasteiger partial charge >= 0.3 is 0 Å². The number of nitrogens with zero attached hydrogens (tertiary/aromatic N) is 1. The lowest BCUT2D eigenvalue weighted by Gasteiger charge is -2.27. The Kier molecular flexibility index (Phi) is 5.86. The van der Waals surface area contributed by atoms with Crippen LogP contribution < -0.4 is 10.2 Å². The molecular formula is C16H23FN3O+. The summed E-state index contributed by atoms with van der Waals surface area (Å²) in [5.74, 6) is -0.396. The van der Waals surface area contributed by atoms with Crippen molar-refractivity contribution in [2.45, 2.75) is 32.9 Å². The average molecular weight is 292 g/mol. The van der Waals surface area contributed by atoms with Gasteiger partial charge in [0.15, 0.2) is 6.54 Å². The third-order valence-electron chi connectivity index (χ3n) is 3.67. The lowest BCUT2D eigenvalue weighted by molar-refractivity contribution is -0.885. The van der Waals surface area contributed by atoms with Gasteiger partial charge in [-0.3, -0.25) is 4.79 Å². The number of halogens is 1. The molecule has 1 aromatic carbocycles. The number of nitriles is 1. The Hall–Kier alpha value is -1.93. The van der Waals surface area contributed by atoms with E-state index >= 15 is 0 Å². The molecule has 1 aromatic rings. The predicted octanol–water partition coefficient (Wildman–Crippen LogP) is 0.895. The van der Waals surface area contributed by atoms with Crippen LogP contribution in [-0.4, -0.2) is 25.0 Å². The van der Waals surface area contributed by atoms with Gasteiger partial charge in [-0.2, -0.15) is 5.26 Å². The number of hydrogen-bond donors (Lipinski definition) is 2. The van der Waals surface area contributed by atoms with Crippen molar-refractivity contribution in [3.8, 4) is 6.07 Å². The van der Waals surface area contributed by atoms with Crippen LogP contribution in [0, 0.1) is 23.1 Å². The van der Waals surface area contributed by atoms with E-state index in [-0.39, 0.29) is 24.2 Å². The van der Waals surface area contributed by atoms with Gasteiger partial charge in [-0.05, 0) is 25.0 Å². The summed E-state index contributed by atoms with van der Waals surface area (Å²) >= 11 is 0. The fourth-order valence-electron chi connectivity index (χ4n) is 1.92. The van der Waals surface area contributed by atoms with E-state index < -0.39 is 5.54 Å². The highest BCUT2D eigenvalue weighted by atomic mass is 19.1. The van der Waals surface area contributed by atoms with Crippen molar-refractivity contribution in [1.29, 1.82) is 5.26 Å². The average Bonchev–Trinajstić information content (AvgIpc) is 2.40. The molecule has 1 unspecified atom stereocenters. The minimum atomic E-state index is -0.854. The molecule has 0 aromatic heterocycles. The molecule has 4 nitrogen and oxygen atoms in total. The largest absolute Gasteiger partial charge is 0.333 e. The van der Waals surface area contributed by atoms with Gasteiger partial charge in [0.1, 0.15) is 17.9 Å². The van der Waals surface area contributed by atoms with Crippen molar-refractivity contribution in [1.82, 2.24) is 5.32 Å². The minimum Gasteiger partial charge on any atom is -0.333 e. The Morgan fingerprint density at radius 3 is 2.48 bits per heavy atom. The second-order valence-corrected chi connectivity index (χ2v) is 5.95. The zero-order chi connectivity index (χ0) is 16.0. The molecule has 0 bridgehead atoms. The number of rotatable bonds is 6. The Morgan fingerprint density at radius 1 is 1.43 bits per heavy atom. The van der Waals surface area contributed by atoms with E-state index in [1.54, 1.807) is 19.1 Å². The first kappa shape index (κ1) is 17.1. The van der Waals surface area contributed by atoms with Crippen molar-refractivity contribution in [3.63, 3.8) is 0 Å². The van der Waals surface area contributed by atoms with E-state index in [0.29, 0.717) is 6.54 Å². The fraction of sp³-hybridized carbons (Fsp3) is 0.500. The Bertz CT molecular complexity index is 521. The van der Waals surface area contributed by atoms with Crippen molar-refractivity contribution in [2.24, 2.45) is 5.92 Å². The van der Waals surface area contributed by atoms with Gasteiger partial charge in [0.25, 0.3) is 5.91 Å². The summed E-state index contributed by atoms with van der Waals surface area (Å²) in [6, 6.07) is 8.40.